The van der Waals surface area contributed by atoms with E-state index in [9.17, 15) is 31.5 Å². The molecule has 604 valence electrons. The van der Waals surface area contributed by atoms with Crippen molar-refractivity contribution in [2.75, 3.05) is 9.80 Å². The van der Waals surface area contributed by atoms with Crippen LogP contribution in [0.25, 0.3) is 42.9 Å². The van der Waals surface area contributed by atoms with Crippen LogP contribution in [0.1, 0.15) is 164 Å². The average Bonchev–Trinajstić information content (AvgIpc) is 1.63. The molecule has 23 nitrogen and oxygen atoms in total. The number of halogens is 4. The number of ether oxygens (including phenoxy) is 4. The third-order valence-corrected chi connectivity index (χ3v) is 26.9. The molecule has 7 aromatic carbocycles. The highest BCUT2D eigenvalue weighted by Gasteiger charge is 2.45. The average molecular weight is 1720 g/mol. The van der Waals surface area contributed by atoms with Crippen molar-refractivity contribution in [2.45, 2.75) is 214 Å². The number of piperidine rings is 2. The maximum absolute atomic E-state index is 12.8. The molecular weight excluding hydrogens is 1630 g/mol. The Hall–Kier alpha value is -8.58. The lowest BCUT2D eigenvalue weighted by atomic mass is 9.97. The summed E-state index contributed by atoms with van der Waals surface area (Å²) in [6.45, 7) is 12.7. The van der Waals surface area contributed by atoms with Gasteiger partial charge in [-0.3, -0.25) is 0 Å². The molecule has 4 aromatic heterocycles. The van der Waals surface area contributed by atoms with Crippen molar-refractivity contribution in [3.05, 3.63) is 206 Å². The van der Waals surface area contributed by atoms with Crippen LogP contribution in [-0.4, -0.2) is 102 Å². The molecule has 2 saturated carbocycles. The first-order chi connectivity index (χ1) is 55.0. The fourth-order valence-corrected chi connectivity index (χ4v) is 20.8. The van der Waals surface area contributed by atoms with Gasteiger partial charge < -0.3 is 53.5 Å². The van der Waals surface area contributed by atoms with E-state index in [1.54, 1.807) is 65.1 Å². The number of nitrogens with zero attached hydrogens (tertiary/aromatic N) is 6. The van der Waals surface area contributed by atoms with E-state index in [1.807, 2.05) is 118 Å². The molecule has 4 aliphatic heterocycles. The van der Waals surface area contributed by atoms with E-state index in [4.69, 9.17) is 84.4 Å². The predicted molar refractivity (Wildman–Crippen MR) is 448 cm³/mol. The number of thiazole rings is 2. The van der Waals surface area contributed by atoms with Crippen molar-refractivity contribution in [3.8, 4) is 39.8 Å². The molecule has 11 aromatic rings. The number of sulfonamides is 2. The number of carbonyl (C=O) groups excluding carboxylic acids is 2. The minimum atomic E-state index is -4.13. The number of nitrogens with one attached hydrogen (secondary N) is 4. The van der Waals surface area contributed by atoms with Gasteiger partial charge in [-0.2, -0.15) is 0 Å². The largest absolute Gasteiger partial charge is 0.488 e. The van der Waals surface area contributed by atoms with Crippen molar-refractivity contribution in [1.29, 1.82) is 0 Å². The zero-order chi connectivity index (χ0) is 80.7. The van der Waals surface area contributed by atoms with E-state index in [0.29, 0.717) is 92.8 Å². The van der Waals surface area contributed by atoms with Gasteiger partial charge in [-0.05, 0) is 239 Å². The third-order valence-electron chi connectivity index (χ3n) is 20.9. The number of para-hydroxylation sites is 1. The lowest BCUT2D eigenvalue weighted by Crippen LogP contribution is -2.49. The number of fused-ring (bicyclic) bond motifs is 6. The smallest absolute Gasteiger partial charge is 0.426 e. The summed E-state index contributed by atoms with van der Waals surface area (Å²) in [6, 6.07) is 45.1. The molecule has 4 atom stereocenters. The van der Waals surface area contributed by atoms with Crippen molar-refractivity contribution >= 4 is 132 Å². The van der Waals surface area contributed by atoms with Gasteiger partial charge in [0.05, 0.1) is 56.9 Å². The number of hydrogen-bond acceptors (Lipinski definition) is 23. The summed E-state index contributed by atoms with van der Waals surface area (Å²) < 4.78 is 89.2. The number of amides is 2. The number of hydrogen-bond donors (Lipinski definition) is 5. The van der Waals surface area contributed by atoms with Crippen molar-refractivity contribution in [3.63, 3.8) is 0 Å². The van der Waals surface area contributed by atoms with Gasteiger partial charge in [-0.15, -0.1) is 0 Å². The third kappa shape index (κ3) is 19.5. The molecule has 4 bridgehead atoms. The van der Waals surface area contributed by atoms with Crippen LogP contribution >= 0.6 is 69.1 Å². The van der Waals surface area contributed by atoms with Gasteiger partial charge in [0, 0.05) is 83.4 Å². The highest BCUT2D eigenvalue weighted by molar-refractivity contribution is 7.90. The number of aliphatic hydroxyl groups excluding tert-OH is 1. The monoisotopic (exact) mass is 1710 g/mol. The van der Waals surface area contributed by atoms with E-state index in [0.717, 1.165) is 151 Å². The van der Waals surface area contributed by atoms with Gasteiger partial charge in [0.2, 0.25) is 0 Å². The molecule has 115 heavy (non-hydrogen) atoms. The summed E-state index contributed by atoms with van der Waals surface area (Å²) in [4.78, 5) is 39.1. The molecule has 0 radical (unpaired) electrons. The number of rotatable bonds is 22. The first-order valence-electron chi connectivity index (χ1n) is 38.4. The molecule has 17 rings (SSSR count). The fourth-order valence-electron chi connectivity index (χ4n) is 15.5. The SMILES string of the molecule is CC(C)(C)Oc1ccc(S(=O)(=O)NC(=O)OCc2ccc3nc(N4C5CCC4CC(NCc4c(-c6c(Cl)cccc6Cl)noc4C4CC4)C5)sc3c2)cc1.CC(C)(C)Oc1ccc(S(=O)(=O)NC(=O)Oc2ccccc2)cc1.OCc1ccc2nc(N3C4CCC3CC(NCc3c(-c5c(Cl)cccc5Cl)noc3C3CC3)C4)sc2c1. The van der Waals surface area contributed by atoms with E-state index in [-0.39, 0.29) is 28.8 Å². The van der Waals surface area contributed by atoms with Crippen molar-refractivity contribution in [2.24, 2.45) is 0 Å². The molecule has 4 saturated heterocycles. The minimum Gasteiger partial charge on any atom is -0.488 e. The van der Waals surface area contributed by atoms with Gasteiger partial charge >= 0.3 is 12.2 Å². The highest BCUT2D eigenvalue weighted by atomic mass is 35.5. The molecule has 31 heteroatoms. The Morgan fingerprint density at radius 3 is 1.30 bits per heavy atom. The summed E-state index contributed by atoms with van der Waals surface area (Å²) in [5, 5.41) is 30.5. The maximum Gasteiger partial charge on any atom is 0.426 e. The standard InChI is InChI=1S/C39H41Cl2N5O6S2.C28H28Cl2N4O2S.C17H19NO5S/c1-39(2,3)51-27-12-14-28(15-13-27)54(48,49)45-38(47)50-21-22-7-16-32-33(17-22)53-37(43-32)46-25-10-11-26(46)19-24(18-25)42-20-29-35(44-52-36(29)23-8-9-23)34-30(40)5-4-6-31(34)41;29-21-2-1-3-22(30)25(21)26-20(27(36-33-26)16-5-6-16)13-31-17-11-18-7-8-19(12-17)34(18)28-32-23-9-4-15(14-35)10-24(23)37-28;1-17(2,3)23-14-9-11-15(12-10-14)24(20,21)18-16(19)22-13-7-5-4-6-8-13/h4-7,12-17,23-26,42H,8-11,18-21H2,1-3H3,(H,45,47);1-4,9-10,16-19,31,35H,5-8,11-14H2;4-12H,1-3H3,(H,18,19). The second-order valence-corrected chi connectivity index (χ2v) is 38.8. The number of aliphatic hydroxyl groups is 1. The number of aromatic nitrogens is 4. The molecule has 5 N–H and O–H groups in total. The summed E-state index contributed by atoms with van der Waals surface area (Å²) in [5.74, 6) is 4.07. The zero-order valence-corrected chi connectivity index (χ0v) is 70.3. The molecule has 8 heterocycles. The van der Waals surface area contributed by atoms with Crippen molar-refractivity contribution < 1.29 is 59.5 Å². The summed E-state index contributed by atoms with van der Waals surface area (Å²) in [5.41, 5.74) is 7.84. The van der Waals surface area contributed by atoms with E-state index >= 15 is 0 Å². The summed E-state index contributed by atoms with van der Waals surface area (Å²) >= 11 is 29.6. The fraction of sp³-hybridized carbons (Fsp3) is 0.381. The first kappa shape index (κ1) is 81.6. The lowest BCUT2D eigenvalue weighted by Gasteiger charge is -2.39. The van der Waals surface area contributed by atoms with Gasteiger partial charge in [0.25, 0.3) is 20.0 Å². The van der Waals surface area contributed by atoms with Crippen LogP contribution in [0.2, 0.25) is 20.1 Å². The lowest BCUT2D eigenvalue weighted by molar-refractivity contribution is 0.130. The Balaban J connectivity index is 0.000000147. The molecule has 2 amide bonds. The van der Waals surface area contributed by atoms with Crippen molar-refractivity contribution in [1.82, 2.24) is 40.4 Å². The van der Waals surface area contributed by atoms with Crippen LogP contribution in [0.4, 0.5) is 19.9 Å². The van der Waals surface area contributed by atoms with E-state index in [1.165, 1.54) is 49.2 Å². The van der Waals surface area contributed by atoms with Crippen LogP contribution in [0, 0.1) is 0 Å². The Labute approximate surface area is 695 Å². The zero-order valence-electron chi connectivity index (χ0n) is 64.0. The van der Waals surface area contributed by atoms with Crippen LogP contribution in [-0.2, 0) is 51.1 Å². The number of carbonyl (C=O) groups is 2. The van der Waals surface area contributed by atoms with Gasteiger partial charge in [-0.25, -0.2) is 45.8 Å². The predicted octanol–water partition coefficient (Wildman–Crippen LogP) is 19.5. The Kier molecular flexibility index (Phi) is 24.2. The Morgan fingerprint density at radius 1 is 0.504 bits per heavy atom. The maximum atomic E-state index is 12.8. The van der Waals surface area contributed by atoms with E-state index < -0.39 is 43.4 Å². The summed E-state index contributed by atoms with van der Waals surface area (Å²) in [7, 11) is -8.15. The van der Waals surface area contributed by atoms with Crippen LogP contribution in [0.15, 0.2) is 170 Å². The second-order valence-electron chi connectivity index (χ2n) is 31.8. The second kappa shape index (κ2) is 34.2. The summed E-state index contributed by atoms with van der Waals surface area (Å²) in [6.07, 6.45) is 11.1. The van der Waals surface area contributed by atoms with Crippen LogP contribution < -0.4 is 44.1 Å². The van der Waals surface area contributed by atoms with Gasteiger partial charge in [-0.1, -0.05) is 122 Å². The topological polar surface area (TPSA) is 292 Å². The number of benzene rings is 7. The van der Waals surface area contributed by atoms with Crippen LogP contribution in [0.5, 0.6) is 17.2 Å². The molecule has 0 spiro atoms. The number of anilines is 2. The van der Waals surface area contributed by atoms with Gasteiger partial charge in [0.1, 0.15) is 58.0 Å². The molecule has 6 aliphatic rings. The van der Waals surface area contributed by atoms with E-state index in [2.05, 4.69) is 36.8 Å². The molecular formula is C84H88Cl4N10O13S4. The molecule has 2 aliphatic carbocycles. The Bertz CT molecular complexity index is 5530. The minimum absolute atomic E-state index is 0.0600. The molecule has 6 fully saturated rings. The quantitative estimate of drug-likeness (QED) is 0.0421. The Morgan fingerprint density at radius 2 is 0.904 bits per heavy atom. The highest BCUT2D eigenvalue weighted by Crippen LogP contribution is 2.50. The molecule has 4 unspecified atom stereocenters. The van der Waals surface area contributed by atoms with Crippen LogP contribution in [0.3, 0.4) is 0 Å². The first-order valence-corrected chi connectivity index (χ1v) is 44.5. The normalized spacial score (nSPS) is 19.3. The van der Waals surface area contributed by atoms with Gasteiger partial charge in [0.15, 0.2) is 10.3 Å².